The van der Waals surface area contributed by atoms with E-state index in [-0.39, 0.29) is 17.2 Å². The lowest BCUT2D eigenvalue weighted by Crippen LogP contribution is -2.26. The fourth-order valence-corrected chi connectivity index (χ4v) is 3.34. The van der Waals surface area contributed by atoms with Crippen molar-refractivity contribution in [3.63, 3.8) is 0 Å². The maximum Gasteiger partial charge on any atom is 0.226 e. The molecule has 3 rings (SSSR count). The molecule has 1 aliphatic rings. The molecule has 1 aliphatic heterocycles. The van der Waals surface area contributed by atoms with E-state index in [0.29, 0.717) is 6.42 Å². The lowest BCUT2D eigenvalue weighted by atomic mass is 9.79. The Labute approximate surface area is 143 Å². The molecule has 0 bridgehead atoms. The van der Waals surface area contributed by atoms with Gasteiger partial charge >= 0.3 is 0 Å². The molecule has 0 radical (unpaired) electrons. The van der Waals surface area contributed by atoms with E-state index in [9.17, 15) is 4.79 Å². The van der Waals surface area contributed by atoms with Crippen LogP contribution in [0.25, 0.3) is 6.08 Å². The number of allylic oxidation sites excluding steroid dienone is 1. The van der Waals surface area contributed by atoms with Crippen LogP contribution < -0.4 is 5.32 Å². The predicted octanol–water partition coefficient (Wildman–Crippen LogP) is 4.25. The second-order valence-electron chi connectivity index (χ2n) is 7.59. The van der Waals surface area contributed by atoms with E-state index < -0.39 is 0 Å². The molecule has 1 aromatic heterocycles. The first kappa shape index (κ1) is 16.5. The Hall–Kier alpha value is -2.36. The number of anilines is 1. The summed E-state index contributed by atoms with van der Waals surface area (Å²) in [5.74, 6) is 0.954. The molecule has 1 aromatic carbocycles. The molecule has 4 heteroatoms. The first-order valence-corrected chi connectivity index (χ1v) is 8.38. The third-order valence-electron chi connectivity index (χ3n) is 4.53. The van der Waals surface area contributed by atoms with Crippen LogP contribution in [0.4, 0.5) is 5.82 Å². The normalized spacial score (nSPS) is 18.3. The van der Waals surface area contributed by atoms with Gasteiger partial charge in [0.2, 0.25) is 5.91 Å². The molecule has 0 saturated heterocycles. The van der Waals surface area contributed by atoms with E-state index in [1.807, 2.05) is 25.2 Å². The number of aromatic nitrogens is 2. The second-order valence-corrected chi connectivity index (χ2v) is 7.59. The predicted molar refractivity (Wildman–Crippen MR) is 98.0 cm³/mol. The van der Waals surface area contributed by atoms with Crippen molar-refractivity contribution in [3.8, 4) is 0 Å². The number of hydrogen-bond donors (Lipinski definition) is 1. The van der Waals surface area contributed by atoms with Gasteiger partial charge in [0, 0.05) is 30.4 Å². The van der Waals surface area contributed by atoms with E-state index >= 15 is 0 Å². The third kappa shape index (κ3) is 3.01. The fourth-order valence-electron chi connectivity index (χ4n) is 3.34. The highest BCUT2D eigenvalue weighted by molar-refractivity contribution is 5.95. The van der Waals surface area contributed by atoms with Gasteiger partial charge in [-0.3, -0.25) is 9.48 Å². The molecule has 1 N–H and O–H groups in total. The van der Waals surface area contributed by atoms with E-state index in [2.05, 4.69) is 51.2 Å². The summed E-state index contributed by atoms with van der Waals surface area (Å²) in [4.78, 5) is 12.2. The van der Waals surface area contributed by atoms with Crippen LogP contribution in [0.15, 0.2) is 35.9 Å². The molecule has 126 valence electrons. The van der Waals surface area contributed by atoms with Gasteiger partial charge in [-0.05, 0) is 12.5 Å². The monoisotopic (exact) mass is 323 g/mol. The quantitative estimate of drug-likeness (QED) is 0.898. The summed E-state index contributed by atoms with van der Waals surface area (Å²) in [6.45, 7) is 8.61. The molecule has 1 atom stereocenters. The molecular formula is C20H25N3O. The number of nitrogens with one attached hydrogen (secondary N) is 1. The Kier molecular flexibility index (Phi) is 4.08. The van der Waals surface area contributed by atoms with E-state index in [1.165, 1.54) is 5.57 Å². The minimum atomic E-state index is -0.0707. The molecule has 0 spiro atoms. The van der Waals surface area contributed by atoms with Crippen LogP contribution in [0, 0.1) is 0 Å². The first-order valence-electron chi connectivity index (χ1n) is 8.38. The van der Waals surface area contributed by atoms with Gasteiger partial charge in [0.25, 0.3) is 0 Å². The number of hydrogen-bond acceptors (Lipinski definition) is 2. The van der Waals surface area contributed by atoms with Gasteiger partial charge in [-0.2, -0.15) is 5.10 Å². The van der Waals surface area contributed by atoms with Crippen LogP contribution in [0.1, 0.15) is 56.9 Å². The lowest BCUT2D eigenvalue weighted by molar-refractivity contribution is -0.116. The number of fused-ring (bicyclic) bond motifs is 1. The number of amides is 1. The average molecular weight is 323 g/mol. The average Bonchev–Trinajstić information content (AvgIpc) is 2.85. The van der Waals surface area contributed by atoms with Crippen molar-refractivity contribution in [2.75, 3.05) is 5.32 Å². The van der Waals surface area contributed by atoms with Crippen molar-refractivity contribution in [1.82, 2.24) is 9.78 Å². The first-order chi connectivity index (χ1) is 11.3. The largest absolute Gasteiger partial charge is 0.311 e. The van der Waals surface area contributed by atoms with Crippen LogP contribution in [0.5, 0.6) is 0 Å². The zero-order chi connectivity index (χ0) is 17.5. The summed E-state index contributed by atoms with van der Waals surface area (Å²) < 4.78 is 1.80. The molecule has 1 amide bonds. The van der Waals surface area contributed by atoms with Crippen molar-refractivity contribution in [1.29, 1.82) is 0 Å². The van der Waals surface area contributed by atoms with Crippen LogP contribution >= 0.6 is 0 Å². The van der Waals surface area contributed by atoms with Gasteiger partial charge in [0.15, 0.2) is 0 Å². The number of carbonyl (C=O) groups is 1. The third-order valence-corrected chi connectivity index (χ3v) is 4.53. The summed E-state index contributed by atoms with van der Waals surface area (Å²) in [7, 11) is 1.90. The van der Waals surface area contributed by atoms with E-state index in [4.69, 9.17) is 5.10 Å². The van der Waals surface area contributed by atoms with Gasteiger partial charge < -0.3 is 5.32 Å². The number of nitrogens with zero attached hydrogens (tertiary/aromatic N) is 2. The minimum absolute atomic E-state index is 0.0526. The Morgan fingerprint density at radius 3 is 2.58 bits per heavy atom. The van der Waals surface area contributed by atoms with Crippen molar-refractivity contribution in [2.24, 2.45) is 7.05 Å². The highest BCUT2D eigenvalue weighted by atomic mass is 16.1. The Morgan fingerprint density at radius 1 is 1.29 bits per heavy atom. The zero-order valence-electron chi connectivity index (χ0n) is 15.1. The zero-order valence-corrected chi connectivity index (χ0v) is 15.1. The van der Waals surface area contributed by atoms with Gasteiger partial charge in [-0.1, -0.05) is 62.8 Å². The summed E-state index contributed by atoms with van der Waals surface area (Å²) in [6.07, 6.45) is 2.64. The van der Waals surface area contributed by atoms with Gasteiger partial charge in [0.05, 0.1) is 5.69 Å². The Bertz CT molecular complexity index is 794. The molecule has 4 nitrogen and oxygen atoms in total. The highest BCUT2D eigenvalue weighted by Gasteiger charge is 2.36. The van der Waals surface area contributed by atoms with Crippen LogP contribution in [-0.4, -0.2) is 15.7 Å². The highest BCUT2D eigenvalue weighted by Crippen LogP contribution is 2.43. The van der Waals surface area contributed by atoms with Crippen molar-refractivity contribution in [2.45, 2.75) is 45.4 Å². The van der Waals surface area contributed by atoms with Crippen LogP contribution in [0.2, 0.25) is 0 Å². The Morgan fingerprint density at radius 2 is 1.96 bits per heavy atom. The van der Waals surface area contributed by atoms with Crippen molar-refractivity contribution >= 4 is 17.8 Å². The minimum Gasteiger partial charge on any atom is -0.311 e. The van der Waals surface area contributed by atoms with Gasteiger partial charge in [-0.15, -0.1) is 0 Å². The number of aryl methyl sites for hydroxylation is 1. The fraction of sp³-hybridized carbons (Fsp3) is 0.400. The standard InChI is InChI=1S/C20H25N3O/c1-13(11-14-9-7-6-8-10-14)15-12-16(24)21-19-17(15)18(20(2,3)4)22-23(19)5/h6-11,15H,12H2,1-5H3,(H,21,24)/b13-11+. The molecule has 24 heavy (non-hydrogen) atoms. The summed E-state index contributed by atoms with van der Waals surface area (Å²) in [6, 6.07) is 10.2. The lowest BCUT2D eigenvalue weighted by Gasteiger charge is -2.27. The van der Waals surface area contributed by atoms with Crippen LogP contribution in [-0.2, 0) is 17.3 Å². The molecule has 1 unspecified atom stereocenters. The second kappa shape index (κ2) is 5.93. The summed E-state index contributed by atoms with van der Waals surface area (Å²) in [5.41, 5.74) is 4.50. The molecule has 0 fully saturated rings. The maximum absolute atomic E-state index is 12.2. The summed E-state index contributed by atoms with van der Waals surface area (Å²) in [5, 5.41) is 7.72. The van der Waals surface area contributed by atoms with E-state index in [1.54, 1.807) is 4.68 Å². The maximum atomic E-state index is 12.2. The smallest absolute Gasteiger partial charge is 0.226 e. The number of benzene rings is 1. The SMILES string of the molecule is C/C(=C\c1ccccc1)C1CC(=O)Nc2c1c(C(C)(C)C)nn2C. The number of rotatable bonds is 2. The number of carbonyl (C=O) groups excluding carboxylic acids is 1. The molecule has 2 aromatic rings. The van der Waals surface area contributed by atoms with Crippen LogP contribution in [0.3, 0.4) is 0 Å². The van der Waals surface area contributed by atoms with Gasteiger partial charge in [0.1, 0.15) is 5.82 Å². The summed E-state index contributed by atoms with van der Waals surface area (Å²) >= 11 is 0. The molecule has 0 saturated carbocycles. The van der Waals surface area contributed by atoms with Crippen molar-refractivity contribution < 1.29 is 4.79 Å². The van der Waals surface area contributed by atoms with Crippen molar-refractivity contribution in [3.05, 3.63) is 52.7 Å². The molecular weight excluding hydrogens is 298 g/mol. The molecule has 0 aliphatic carbocycles. The van der Waals surface area contributed by atoms with Gasteiger partial charge in [-0.25, -0.2) is 0 Å². The molecule has 2 heterocycles. The Balaban J connectivity index is 2.11. The van der Waals surface area contributed by atoms with E-state index in [0.717, 1.165) is 22.6 Å². The topological polar surface area (TPSA) is 46.9 Å².